The molecule has 2 amide bonds. The summed E-state index contributed by atoms with van der Waals surface area (Å²) < 4.78 is 38.3. The number of imide groups is 1. The third kappa shape index (κ3) is 3.96. The van der Waals surface area contributed by atoms with Gasteiger partial charge in [0.2, 0.25) is 0 Å². The zero-order chi connectivity index (χ0) is 21.6. The molecule has 1 aromatic rings. The van der Waals surface area contributed by atoms with E-state index in [1.165, 1.54) is 6.92 Å². The Kier molecular flexibility index (Phi) is 5.48. The monoisotopic (exact) mass is 419 g/mol. The number of pyridine rings is 1. The van der Waals surface area contributed by atoms with E-state index < -0.39 is 46.0 Å². The molecule has 2 N–H and O–H groups in total. The lowest BCUT2D eigenvalue weighted by molar-refractivity contribution is -0.146. The first kappa shape index (κ1) is 21.7. The molecular formula is C17H17ClF3N3O4. The highest BCUT2D eigenvalue weighted by Gasteiger charge is 2.47. The first-order chi connectivity index (χ1) is 12.7. The van der Waals surface area contributed by atoms with Gasteiger partial charge in [0.25, 0.3) is 11.8 Å². The summed E-state index contributed by atoms with van der Waals surface area (Å²) in [5.74, 6) is -4.56. The number of hydrazine groups is 1. The van der Waals surface area contributed by atoms with Gasteiger partial charge in [0, 0.05) is 11.1 Å². The highest BCUT2D eigenvalue weighted by molar-refractivity contribution is 6.30. The number of nitrogens with one attached hydrogen (secondary N) is 1. The molecule has 2 rings (SSSR count). The van der Waals surface area contributed by atoms with Gasteiger partial charge >= 0.3 is 12.1 Å². The number of carbonyl (C=O) groups is 3. The number of halogens is 4. The van der Waals surface area contributed by atoms with E-state index in [1.807, 2.05) is 0 Å². The molecule has 1 aliphatic heterocycles. The number of aliphatic carboxylic acids is 1. The smallest absolute Gasteiger partial charge is 0.419 e. The Morgan fingerprint density at radius 2 is 1.79 bits per heavy atom. The molecule has 152 valence electrons. The highest BCUT2D eigenvalue weighted by Crippen LogP contribution is 2.38. The number of anilines is 1. The highest BCUT2D eigenvalue weighted by atomic mass is 35.5. The summed E-state index contributed by atoms with van der Waals surface area (Å²) in [5, 5.41) is 9.19. The molecule has 1 aromatic heterocycles. The summed E-state index contributed by atoms with van der Waals surface area (Å²) in [5.41, 5.74) is -0.0122. The maximum absolute atomic E-state index is 12.8. The van der Waals surface area contributed by atoms with Crippen LogP contribution in [-0.4, -0.2) is 32.9 Å². The van der Waals surface area contributed by atoms with Crippen LogP contribution in [0.5, 0.6) is 0 Å². The topological polar surface area (TPSA) is 99.6 Å². The van der Waals surface area contributed by atoms with Gasteiger partial charge in [-0.2, -0.15) is 18.2 Å². The van der Waals surface area contributed by atoms with Gasteiger partial charge in [-0.05, 0) is 24.5 Å². The fourth-order valence-electron chi connectivity index (χ4n) is 2.85. The zero-order valence-electron chi connectivity index (χ0n) is 15.3. The second kappa shape index (κ2) is 7.08. The SMILES string of the molecule is CC1=C(C(C(=O)O)C(C)(C)C)C(=O)N(Nc2ccc(C(F)(F)F)c(Cl)n2)C1=O. The van der Waals surface area contributed by atoms with Crippen LogP contribution in [0.1, 0.15) is 33.3 Å². The van der Waals surface area contributed by atoms with Gasteiger partial charge in [0.1, 0.15) is 11.0 Å². The van der Waals surface area contributed by atoms with Crippen molar-refractivity contribution in [2.24, 2.45) is 11.3 Å². The van der Waals surface area contributed by atoms with Crippen LogP contribution in [0, 0.1) is 11.3 Å². The number of carboxylic acid groups (broad SMARTS) is 1. The number of carbonyl (C=O) groups excluding carboxylic acids is 2. The fourth-order valence-corrected chi connectivity index (χ4v) is 3.11. The lowest BCUT2D eigenvalue weighted by Gasteiger charge is -2.28. The Bertz CT molecular complexity index is 891. The molecule has 1 aliphatic rings. The van der Waals surface area contributed by atoms with E-state index >= 15 is 0 Å². The molecule has 0 saturated carbocycles. The molecule has 0 saturated heterocycles. The Hall–Kier alpha value is -2.62. The van der Waals surface area contributed by atoms with E-state index in [0.717, 1.165) is 6.07 Å². The van der Waals surface area contributed by atoms with Gasteiger partial charge in [-0.25, -0.2) is 4.98 Å². The first-order valence-corrected chi connectivity index (χ1v) is 8.36. The fraction of sp³-hybridized carbons (Fsp3) is 0.412. The quantitative estimate of drug-likeness (QED) is 0.572. The normalized spacial score (nSPS) is 16.6. The molecule has 1 atom stereocenters. The number of carboxylic acids is 1. The van der Waals surface area contributed by atoms with Gasteiger partial charge in [-0.3, -0.25) is 19.8 Å². The molecule has 0 radical (unpaired) electrons. The lowest BCUT2D eigenvalue weighted by atomic mass is 9.75. The number of amides is 2. The molecule has 11 heteroatoms. The third-order valence-corrected chi connectivity index (χ3v) is 4.43. The van der Waals surface area contributed by atoms with Crippen molar-refractivity contribution in [1.82, 2.24) is 9.99 Å². The summed E-state index contributed by atoms with van der Waals surface area (Å²) in [6.45, 7) is 6.14. The third-order valence-electron chi connectivity index (χ3n) is 4.14. The predicted molar refractivity (Wildman–Crippen MR) is 93.0 cm³/mol. The molecule has 0 spiro atoms. The van der Waals surface area contributed by atoms with Crippen LogP contribution in [-0.2, 0) is 20.6 Å². The Balaban J connectivity index is 2.36. The minimum Gasteiger partial charge on any atom is -0.481 e. The van der Waals surface area contributed by atoms with Gasteiger partial charge < -0.3 is 5.11 Å². The molecule has 1 unspecified atom stereocenters. The van der Waals surface area contributed by atoms with E-state index in [0.29, 0.717) is 11.1 Å². The van der Waals surface area contributed by atoms with Crippen LogP contribution in [0.2, 0.25) is 5.15 Å². The van der Waals surface area contributed by atoms with Crippen molar-refractivity contribution in [3.8, 4) is 0 Å². The zero-order valence-corrected chi connectivity index (χ0v) is 16.1. The average molecular weight is 420 g/mol. The summed E-state index contributed by atoms with van der Waals surface area (Å²) in [7, 11) is 0. The minimum absolute atomic E-state index is 0.0715. The molecule has 0 aliphatic carbocycles. The summed E-state index contributed by atoms with van der Waals surface area (Å²) in [6.07, 6.45) is -4.71. The minimum atomic E-state index is -4.71. The molecular weight excluding hydrogens is 403 g/mol. The van der Waals surface area contributed by atoms with Crippen molar-refractivity contribution >= 4 is 35.2 Å². The molecule has 0 aromatic carbocycles. The standard InChI is InChI=1S/C17H17ClF3N3O4/c1-7-10(11(15(27)28)16(2,3)4)14(26)24(13(7)25)23-9-6-5-8(12(18)22-9)17(19,20)21/h5-6,11H,1-4H3,(H,22,23)(H,27,28). The Morgan fingerprint density at radius 1 is 1.21 bits per heavy atom. The summed E-state index contributed by atoms with van der Waals surface area (Å²) in [4.78, 5) is 40.4. The Labute approximate surface area is 163 Å². The molecule has 0 bridgehead atoms. The van der Waals surface area contributed by atoms with Gasteiger partial charge in [0.05, 0.1) is 11.5 Å². The predicted octanol–water partition coefficient (Wildman–Crippen LogP) is 3.51. The van der Waals surface area contributed by atoms with Crippen LogP contribution in [0.15, 0.2) is 23.3 Å². The molecule has 2 heterocycles. The molecule has 28 heavy (non-hydrogen) atoms. The van der Waals surface area contributed by atoms with Crippen molar-refractivity contribution in [3.05, 3.63) is 34.0 Å². The van der Waals surface area contributed by atoms with Crippen LogP contribution >= 0.6 is 11.6 Å². The van der Waals surface area contributed by atoms with Crippen LogP contribution < -0.4 is 5.43 Å². The maximum atomic E-state index is 12.8. The largest absolute Gasteiger partial charge is 0.481 e. The van der Waals surface area contributed by atoms with E-state index in [-0.39, 0.29) is 17.0 Å². The van der Waals surface area contributed by atoms with Crippen molar-refractivity contribution in [1.29, 1.82) is 0 Å². The summed E-state index contributed by atoms with van der Waals surface area (Å²) in [6, 6.07) is 1.56. The van der Waals surface area contributed by atoms with E-state index in [2.05, 4.69) is 10.4 Å². The van der Waals surface area contributed by atoms with Crippen molar-refractivity contribution in [2.45, 2.75) is 33.9 Å². The number of rotatable bonds is 4. The number of hydrogen-bond acceptors (Lipinski definition) is 5. The molecule has 0 fully saturated rings. The number of hydrogen-bond donors (Lipinski definition) is 2. The van der Waals surface area contributed by atoms with E-state index in [1.54, 1.807) is 20.8 Å². The number of aromatic nitrogens is 1. The second-order valence-electron chi connectivity index (χ2n) is 7.27. The van der Waals surface area contributed by atoms with Crippen LogP contribution in [0.3, 0.4) is 0 Å². The molecule has 7 nitrogen and oxygen atoms in total. The first-order valence-electron chi connectivity index (χ1n) is 7.99. The van der Waals surface area contributed by atoms with Crippen molar-refractivity contribution < 1.29 is 32.7 Å². The van der Waals surface area contributed by atoms with E-state index in [9.17, 15) is 32.7 Å². The van der Waals surface area contributed by atoms with E-state index in [4.69, 9.17) is 11.6 Å². The number of alkyl halides is 3. The van der Waals surface area contributed by atoms with Gasteiger partial charge in [0.15, 0.2) is 0 Å². The van der Waals surface area contributed by atoms with Gasteiger partial charge in [-0.15, -0.1) is 0 Å². The van der Waals surface area contributed by atoms with Gasteiger partial charge in [-0.1, -0.05) is 32.4 Å². The van der Waals surface area contributed by atoms with Crippen LogP contribution in [0.4, 0.5) is 19.0 Å². The number of nitrogens with zero attached hydrogens (tertiary/aromatic N) is 2. The van der Waals surface area contributed by atoms with Crippen molar-refractivity contribution in [2.75, 3.05) is 5.43 Å². The Morgan fingerprint density at radius 3 is 2.21 bits per heavy atom. The second-order valence-corrected chi connectivity index (χ2v) is 7.62. The lowest BCUT2D eigenvalue weighted by Crippen LogP contribution is -2.40. The van der Waals surface area contributed by atoms with Crippen LogP contribution in [0.25, 0.3) is 0 Å². The average Bonchev–Trinajstić information content (AvgIpc) is 2.70. The van der Waals surface area contributed by atoms with Crippen molar-refractivity contribution in [3.63, 3.8) is 0 Å². The maximum Gasteiger partial charge on any atom is 0.419 e. The summed E-state index contributed by atoms with van der Waals surface area (Å²) >= 11 is 5.53.